The molecule has 1 aliphatic rings. The van der Waals surface area contributed by atoms with Crippen LogP contribution in [-0.4, -0.2) is 34.6 Å². The first-order valence-corrected chi connectivity index (χ1v) is 9.96. The van der Waals surface area contributed by atoms with Gasteiger partial charge in [0.25, 0.3) is 0 Å². The quantitative estimate of drug-likeness (QED) is 0.507. The molecular formula is C23H17F3N6. The van der Waals surface area contributed by atoms with Crippen molar-refractivity contribution in [3.8, 4) is 28.6 Å². The second-order valence-corrected chi connectivity index (χ2v) is 7.80. The van der Waals surface area contributed by atoms with Gasteiger partial charge in [0.1, 0.15) is 23.0 Å². The maximum absolute atomic E-state index is 14.2. The van der Waals surface area contributed by atoms with E-state index in [0.717, 1.165) is 12.1 Å². The van der Waals surface area contributed by atoms with Gasteiger partial charge in [-0.2, -0.15) is 5.26 Å². The molecule has 4 aromatic rings. The summed E-state index contributed by atoms with van der Waals surface area (Å²) in [5.41, 5.74) is 8.54. The minimum absolute atomic E-state index is 0.0127. The molecule has 6 nitrogen and oxygen atoms in total. The number of anilines is 1. The summed E-state index contributed by atoms with van der Waals surface area (Å²) >= 11 is 0. The van der Waals surface area contributed by atoms with Crippen molar-refractivity contribution in [1.82, 2.24) is 15.0 Å². The number of nitrogens with two attached hydrogens (primary N) is 1. The molecule has 0 radical (unpaired) electrons. The number of nitriles is 1. The van der Waals surface area contributed by atoms with Crippen LogP contribution < -0.4 is 10.6 Å². The molecule has 1 fully saturated rings. The number of imidazole rings is 1. The zero-order valence-corrected chi connectivity index (χ0v) is 16.7. The van der Waals surface area contributed by atoms with Crippen molar-refractivity contribution in [2.24, 2.45) is 11.7 Å². The minimum atomic E-state index is -0.774. The Balaban J connectivity index is 1.72. The molecule has 3 heterocycles. The van der Waals surface area contributed by atoms with Gasteiger partial charge in [-0.25, -0.2) is 18.2 Å². The van der Waals surface area contributed by atoms with Gasteiger partial charge in [0.2, 0.25) is 0 Å². The molecule has 2 aromatic carbocycles. The zero-order chi connectivity index (χ0) is 22.4. The fraction of sp³-hybridized carbons (Fsp3) is 0.174. The van der Waals surface area contributed by atoms with Crippen molar-refractivity contribution in [2.75, 3.05) is 24.5 Å². The van der Waals surface area contributed by atoms with Gasteiger partial charge in [-0.3, -0.25) is 4.98 Å². The van der Waals surface area contributed by atoms with Crippen molar-refractivity contribution in [3.63, 3.8) is 0 Å². The van der Waals surface area contributed by atoms with Crippen molar-refractivity contribution in [2.45, 2.75) is 0 Å². The van der Waals surface area contributed by atoms with E-state index >= 15 is 0 Å². The van der Waals surface area contributed by atoms with Crippen LogP contribution in [0.15, 0.2) is 42.7 Å². The lowest BCUT2D eigenvalue weighted by molar-refractivity contribution is 0.421. The van der Waals surface area contributed by atoms with E-state index in [9.17, 15) is 18.4 Å². The van der Waals surface area contributed by atoms with Crippen molar-refractivity contribution in [3.05, 3.63) is 65.7 Å². The molecule has 0 amide bonds. The molecular weight excluding hydrogens is 417 g/mol. The predicted octanol–water partition coefficient (Wildman–Crippen LogP) is 3.98. The topological polar surface area (TPSA) is 94.6 Å². The van der Waals surface area contributed by atoms with Crippen LogP contribution in [0.3, 0.4) is 0 Å². The normalized spacial score (nSPS) is 13.9. The fourth-order valence-corrected chi connectivity index (χ4v) is 4.06. The van der Waals surface area contributed by atoms with Crippen LogP contribution in [0.4, 0.5) is 18.9 Å². The molecule has 3 N–H and O–H groups in total. The molecule has 0 saturated carbocycles. The lowest BCUT2D eigenvalue weighted by Gasteiger charge is -2.42. The first-order chi connectivity index (χ1) is 15.5. The van der Waals surface area contributed by atoms with Crippen LogP contribution in [0.25, 0.3) is 33.5 Å². The van der Waals surface area contributed by atoms with Gasteiger partial charge in [-0.1, -0.05) is 0 Å². The first-order valence-electron chi connectivity index (χ1n) is 9.96. The Labute approximate surface area is 181 Å². The predicted molar refractivity (Wildman–Crippen MR) is 114 cm³/mol. The van der Waals surface area contributed by atoms with Gasteiger partial charge >= 0.3 is 0 Å². The van der Waals surface area contributed by atoms with Gasteiger partial charge in [0, 0.05) is 43.0 Å². The fourth-order valence-electron chi connectivity index (χ4n) is 4.06. The van der Waals surface area contributed by atoms with Crippen molar-refractivity contribution < 1.29 is 13.2 Å². The number of halogens is 3. The molecule has 5 rings (SSSR count). The molecule has 1 aliphatic heterocycles. The standard InChI is InChI=1S/C23H17F3N6/c24-15-2-12(6-27)1-14(3-15)17-8-29-9-18(22(17)32-10-13(7-28)11-32)23-30-20-5-16(25)4-19(26)21(20)31-23/h1-5,8-9,13H,7,10-11,28H2,(H,30,31). The Morgan fingerprint density at radius 1 is 1.06 bits per heavy atom. The minimum Gasteiger partial charge on any atom is -0.370 e. The summed E-state index contributed by atoms with van der Waals surface area (Å²) in [6.07, 6.45) is 3.17. The number of fused-ring (bicyclic) bond motifs is 1. The molecule has 1 saturated heterocycles. The van der Waals surface area contributed by atoms with Gasteiger partial charge in [-0.15, -0.1) is 0 Å². The van der Waals surface area contributed by atoms with Gasteiger partial charge < -0.3 is 15.6 Å². The number of hydrogen-bond acceptors (Lipinski definition) is 5. The molecule has 0 bridgehead atoms. The zero-order valence-electron chi connectivity index (χ0n) is 16.7. The Bertz CT molecular complexity index is 1380. The second-order valence-electron chi connectivity index (χ2n) is 7.80. The molecule has 9 heteroatoms. The van der Waals surface area contributed by atoms with Crippen molar-refractivity contribution in [1.29, 1.82) is 5.26 Å². The molecule has 2 aromatic heterocycles. The highest BCUT2D eigenvalue weighted by atomic mass is 19.1. The van der Waals surface area contributed by atoms with E-state index in [1.165, 1.54) is 12.1 Å². The number of pyridine rings is 1. The summed E-state index contributed by atoms with van der Waals surface area (Å²) in [7, 11) is 0. The third kappa shape index (κ3) is 3.35. The van der Waals surface area contributed by atoms with Crippen LogP contribution in [0.1, 0.15) is 5.56 Å². The number of benzene rings is 2. The van der Waals surface area contributed by atoms with E-state index in [-0.39, 0.29) is 16.6 Å². The highest BCUT2D eigenvalue weighted by Gasteiger charge is 2.31. The number of H-pyrrole nitrogens is 1. The lowest BCUT2D eigenvalue weighted by Crippen LogP contribution is -2.50. The number of nitrogens with zero attached hydrogens (tertiary/aromatic N) is 4. The molecule has 160 valence electrons. The monoisotopic (exact) mass is 434 g/mol. The maximum Gasteiger partial charge on any atom is 0.153 e. The summed E-state index contributed by atoms with van der Waals surface area (Å²) in [6, 6.07) is 7.98. The highest BCUT2D eigenvalue weighted by molar-refractivity contribution is 5.91. The average Bonchev–Trinajstić information content (AvgIpc) is 3.17. The van der Waals surface area contributed by atoms with E-state index in [1.54, 1.807) is 18.5 Å². The van der Waals surface area contributed by atoms with E-state index in [1.807, 2.05) is 6.07 Å². The SMILES string of the molecule is N#Cc1cc(F)cc(-c2cncc(-c3nc4c(F)cc(F)cc4[nH]3)c2N2CC(CN)C2)c1. The Morgan fingerprint density at radius 2 is 1.81 bits per heavy atom. The summed E-state index contributed by atoms with van der Waals surface area (Å²) in [4.78, 5) is 13.7. The maximum atomic E-state index is 14.2. The van der Waals surface area contributed by atoms with E-state index in [4.69, 9.17) is 5.73 Å². The molecule has 32 heavy (non-hydrogen) atoms. The Morgan fingerprint density at radius 3 is 2.56 bits per heavy atom. The summed E-state index contributed by atoms with van der Waals surface area (Å²) in [6.45, 7) is 1.87. The summed E-state index contributed by atoms with van der Waals surface area (Å²) in [5, 5.41) is 9.26. The van der Waals surface area contributed by atoms with Crippen LogP contribution in [0, 0.1) is 34.7 Å². The molecule has 0 atom stereocenters. The van der Waals surface area contributed by atoms with Crippen molar-refractivity contribution >= 4 is 16.7 Å². The smallest absolute Gasteiger partial charge is 0.153 e. The first kappa shape index (κ1) is 20.0. The average molecular weight is 434 g/mol. The van der Waals surface area contributed by atoms with Crippen LogP contribution in [0.5, 0.6) is 0 Å². The van der Waals surface area contributed by atoms with Crippen LogP contribution in [-0.2, 0) is 0 Å². The Kier molecular flexibility index (Phi) is 4.79. The third-order valence-corrected chi connectivity index (χ3v) is 5.62. The number of aromatic amines is 1. The number of hydrogen-bond donors (Lipinski definition) is 2. The molecule has 0 spiro atoms. The largest absolute Gasteiger partial charge is 0.370 e. The van der Waals surface area contributed by atoms with Gasteiger partial charge in [0.05, 0.1) is 28.4 Å². The molecule has 0 unspecified atom stereocenters. The number of rotatable bonds is 4. The number of nitrogens with one attached hydrogen (secondary N) is 1. The third-order valence-electron chi connectivity index (χ3n) is 5.62. The highest BCUT2D eigenvalue weighted by Crippen LogP contribution is 2.41. The summed E-state index contributed by atoms with van der Waals surface area (Å²) < 4.78 is 42.1. The van der Waals surface area contributed by atoms with E-state index in [0.29, 0.717) is 53.8 Å². The van der Waals surface area contributed by atoms with E-state index in [2.05, 4.69) is 19.9 Å². The van der Waals surface area contributed by atoms with E-state index < -0.39 is 17.5 Å². The van der Waals surface area contributed by atoms with Gasteiger partial charge in [-0.05, 0) is 36.4 Å². The van der Waals surface area contributed by atoms with Crippen LogP contribution in [0.2, 0.25) is 0 Å². The molecule has 0 aliphatic carbocycles. The van der Waals surface area contributed by atoms with Crippen LogP contribution >= 0.6 is 0 Å². The number of aromatic nitrogens is 3. The second kappa shape index (κ2) is 7.66. The lowest BCUT2D eigenvalue weighted by atomic mass is 9.94. The Hall–Kier alpha value is -3.90. The summed E-state index contributed by atoms with van der Waals surface area (Å²) in [5.74, 6) is -1.42. The van der Waals surface area contributed by atoms with Gasteiger partial charge in [0.15, 0.2) is 5.82 Å².